The Morgan fingerprint density at radius 1 is 1.27 bits per heavy atom. The summed E-state index contributed by atoms with van der Waals surface area (Å²) in [6, 6.07) is 13.6. The maximum Gasteiger partial charge on any atom is 0.258 e. The molecule has 0 heterocycles. The van der Waals surface area contributed by atoms with Crippen molar-refractivity contribution < 1.29 is 19.4 Å². The van der Waals surface area contributed by atoms with Crippen molar-refractivity contribution in [2.45, 2.75) is 31.4 Å². The van der Waals surface area contributed by atoms with Crippen LogP contribution in [0.4, 0.5) is 0 Å². The number of ether oxygens (including phenoxy) is 2. The van der Waals surface area contributed by atoms with Crippen LogP contribution < -0.4 is 15.4 Å². The standard InChI is InChI=1S/C23H29ClN2O4/c1-29-10-9-25-23(28)15-30-21-8-6-16-5-7-20(12-18(16)13-21)26-14-22(27)17-3-2-4-19(24)11-17/h2-4,6,8,11,13,20,22,26-27H,5,7,9-10,12,14-15H2,1H3,(H,25,28). The summed E-state index contributed by atoms with van der Waals surface area (Å²) < 4.78 is 10.6. The fraction of sp³-hybridized carbons (Fsp3) is 0.435. The number of benzene rings is 2. The Morgan fingerprint density at radius 2 is 2.13 bits per heavy atom. The Morgan fingerprint density at radius 3 is 2.93 bits per heavy atom. The van der Waals surface area contributed by atoms with Crippen LogP contribution in [0.3, 0.4) is 0 Å². The second-order valence-electron chi connectivity index (χ2n) is 7.48. The third kappa shape index (κ3) is 6.71. The van der Waals surface area contributed by atoms with E-state index >= 15 is 0 Å². The van der Waals surface area contributed by atoms with Gasteiger partial charge in [-0.25, -0.2) is 0 Å². The molecule has 3 rings (SSSR count). The molecule has 0 fully saturated rings. The van der Waals surface area contributed by atoms with Gasteiger partial charge in [0.2, 0.25) is 0 Å². The lowest BCUT2D eigenvalue weighted by Crippen LogP contribution is -2.37. The number of carbonyl (C=O) groups excluding carboxylic acids is 1. The lowest BCUT2D eigenvalue weighted by atomic mass is 9.88. The molecule has 2 atom stereocenters. The molecule has 0 aromatic heterocycles. The topological polar surface area (TPSA) is 79.8 Å². The Hall–Kier alpha value is -2.12. The average molecular weight is 433 g/mol. The lowest BCUT2D eigenvalue weighted by molar-refractivity contribution is -0.123. The first-order chi connectivity index (χ1) is 14.5. The number of aliphatic hydroxyl groups excluding tert-OH is 1. The number of aryl methyl sites for hydroxylation is 1. The molecule has 0 bridgehead atoms. The molecule has 2 aromatic rings. The summed E-state index contributed by atoms with van der Waals surface area (Å²) in [6.07, 6.45) is 2.24. The predicted octanol–water partition coefficient (Wildman–Crippen LogP) is 2.66. The number of hydrogen-bond acceptors (Lipinski definition) is 5. The highest BCUT2D eigenvalue weighted by atomic mass is 35.5. The minimum atomic E-state index is -0.601. The zero-order valence-electron chi connectivity index (χ0n) is 17.2. The van der Waals surface area contributed by atoms with Crippen LogP contribution in [-0.4, -0.2) is 50.5 Å². The zero-order chi connectivity index (χ0) is 21.3. The summed E-state index contributed by atoms with van der Waals surface area (Å²) in [6.45, 7) is 1.40. The molecule has 1 aliphatic carbocycles. The van der Waals surface area contributed by atoms with Crippen molar-refractivity contribution in [1.82, 2.24) is 10.6 Å². The van der Waals surface area contributed by atoms with E-state index in [0.717, 1.165) is 24.8 Å². The van der Waals surface area contributed by atoms with E-state index in [4.69, 9.17) is 21.1 Å². The first kappa shape index (κ1) is 22.6. The van der Waals surface area contributed by atoms with Crippen LogP contribution in [-0.2, 0) is 22.4 Å². The Kier molecular flexibility index (Phi) is 8.51. The summed E-state index contributed by atoms with van der Waals surface area (Å²) in [4.78, 5) is 11.8. The molecule has 1 amide bonds. The highest BCUT2D eigenvalue weighted by molar-refractivity contribution is 6.30. The van der Waals surface area contributed by atoms with Gasteiger partial charge in [-0.2, -0.15) is 0 Å². The first-order valence-corrected chi connectivity index (χ1v) is 10.6. The molecule has 162 valence electrons. The number of methoxy groups -OCH3 is 1. The molecule has 1 aliphatic rings. The monoisotopic (exact) mass is 432 g/mol. The van der Waals surface area contributed by atoms with E-state index in [9.17, 15) is 9.90 Å². The van der Waals surface area contributed by atoms with Crippen LogP contribution in [0.25, 0.3) is 0 Å². The largest absolute Gasteiger partial charge is 0.484 e. The quantitative estimate of drug-likeness (QED) is 0.503. The van der Waals surface area contributed by atoms with Crippen LogP contribution in [0.1, 0.15) is 29.2 Å². The molecule has 0 saturated carbocycles. The van der Waals surface area contributed by atoms with E-state index in [-0.39, 0.29) is 18.6 Å². The summed E-state index contributed by atoms with van der Waals surface area (Å²) in [5, 5.41) is 17.3. The maximum atomic E-state index is 11.8. The molecule has 30 heavy (non-hydrogen) atoms. The van der Waals surface area contributed by atoms with E-state index in [0.29, 0.717) is 30.5 Å². The normalized spacial score (nSPS) is 16.6. The van der Waals surface area contributed by atoms with Crippen molar-refractivity contribution >= 4 is 17.5 Å². The van der Waals surface area contributed by atoms with Crippen LogP contribution in [0.5, 0.6) is 5.75 Å². The summed E-state index contributed by atoms with van der Waals surface area (Å²) >= 11 is 6.01. The lowest BCUT2D eigenvalue weighted by Gasteiger charge is -2.27. The molecular weight excluding hydrogens is 404 g/mol. The minimum absolute atomic E-state index is 0.0179. The van der Waals surface area contributed by atoms with Gasteiger partial charge in [0.1, 0.15) is 5.75 Å². The Balaban J connectivity index is 1.49. The molecule has 2 unspecified atom stereocenters. The SMILES string of the molecule is COCCNC(=O)COc1ccc2c(c1)CC(NCC(O)c1cccc(Cl)c1)CC2. The molecule has 7 heteroatoms. The highest BCUT2D eigenvalue weighted by Crippen LogP contribution is 2.26. The number of carbonyl (C=O) groups is 1. The van der Waals surface area contributed by atoms with Gasteiger partial charge in [0, 0.05) is 31.3 Å². The number of amides is 1. The molecule has 0 spiro atoms. The third-order valence-corrected chi connectivity index (χ3v) is 5.47. The van der Waals surface area contributed by atoms with Gasteiger partial charge in [0.25, 0.3) is 5.91 Å². The Bertz CT molecular complexity index is 846. The van der Waals surface area contributed by atoms with E-state index in [1.165, 1.54) is 11.1 Å². The maximum absolute atomic E-state index is 11.8. The molecule has 0 saturated heterocycles. The number of fused-ring (bicyclic) bond motifs is 1. The number of halogens is 1. The number of aliphatic hydroxyl groups is 1. The summed E-state index contributed by atoms with van der Waals surface area (Å²) in [5.41, 5.74) is 3.33. The van der Waals surface area contributed by atoms with Crippen LogP contribution in [0.2, 0.25) is 5.02 Å². The smallest absolute Gasteiger partial charge is 0.258 e. The molecule has 6 nitrogen and oxygen atoms in total. The van der Waals surface area contributed by atoms with Crippen LogP contribution >= 0.6 is 11.6 Å². The van der Waals surface area contributed by atoms with Gasteiger partial charge in [0.05, 0.1) is 12.7 Å². The van der Waals surface area contributed by atoms with E-state index in [2.05, 4.69) is 16.7 Å². The molecule has 3 N–H and O–H groups in total. The van der Waals surface area contributed by atoms with Gasteiger partial charge in [-0.05, 0) is 60.2 Å². The molecule has 0 radical (unpaired) electrons. The van der Waals surface area contributed by atoms with Gasteiger partial charge in [-0.1, -0.05) is 29.8 Å². The molecular formula is C23H29ClN2O4. The van der Waals surface area contributed by atoms with Crippen molar-refractivity contribution in [1.29, 1.82) is 0 Å². The van der Waals surface area contributed by atoms with Crippen molar-refractivity contribution in [3.8, 4) is 5.75 Å². The van der Waals surface area contributed by atoms with Gasteiger partial charge in [0.15, 0.2) is 6.61 Å². The first-order valence-electron chi connectivity index (χ1n) is 10.2. The molecule has 0 aliphatic heterocycles. The van der Waals surface area contributed by atoms with Gasteiger partial charge >= 0.3 is 0 Å². The van der Waals surface area contributed by atoms with Gasteiger partial charge in [-0.15, -0.1) is 0 Å². The predicted molar refractivity (Wildman–Crippen MR) is 117 cm³/mol. The fourth-order valence-corrected chi connectivity index (χ4v) is 3.80. The Labute approximate surface area is 182 Å². The minimum Gasteiger partial charge on any atom is -0.484 e. The number of rotatable bonds is 10. The van der Waals surface area contributed by atoms with Crippen molar-refractivity contribution in [2.24, 2.45) is 0 Å². The van der Waals surface area contributed by atoms with Crippen molar-refractivity contribution in [3.63, 3.8) is 0 Å². The van der Waals surface area contributed by atoms with Crippen LogP contribution in [0.15, 0.2) is 42.5 Å². The third-order valence-electron chi connectivity index (χ3n) is 5.24. The molecule has 2 aromatic carbocycles. The van der Waals surface area contributed by atoms with Gasteiger partial charge in [-0.3, -0.25) is 4.79 Å². The van der Waals surface area contributed by atoms with Crippen LogP contribution in [0, 0.1) is 0 Å². The number of nitrogens with one attached hydrogen (secondary N) is 2. The second kappa shape index (κ2) is 11.3. The summed E-state index contributed by atoms with van der Waals surface area (Å²) in [7, 11) is 1.59. The fourth-order valence-electron chi connectivity index (χ4n) is 3.60. The van der Waals surface area contributed by atoms with Crippen molar-refractivity contribution in [2.75, 3.05) is 33.4 Å². The van der Waals surface area contributed by atoms with E-state index in [1.807, 2.05) is 24.3 Å². The summed E-state index contributed by atoms with van der Waals surface area (Å²) in [5.74, 6) is 0.523. The number of hydrogen-bond donors (Lipinski definition) is 3. The zero-order valence-corrected chi connectivity index (χ0v) is 18.0. The van der Waals surface area contributed by atoms with Crippen molar-refractivity contribution in [3.05, 3.63) is 64.2 Å². The highest BCUT2D eigenvalue weighted by Gasteiger charge is 2.20. The van der Waals surface area contributed by atoms with E-state index in [1.54, 1.807) is 19.2 Å². The second-order valence-corrected chi connectivity index (χ2v) is 7.92. The average Bonchev–Trinajstić information content (AvgIpc) is 2.76. The van der Waals surface area contributed by atoms with E-state index < -0.39 is 6.10 Å². The van der Waals surface area contributed by atoms with Gasteiger partial charge < -0.3 is 25.2 Å².